The number of rotatable bonds is 4. The molecule has 0 spiro atoms. The highest BCUT2D eigenvalue weighted by atomic mass is 16.6. The Labute approximate surface area is 117 Å². The SMILES string of the molecule is CC(O[C@@H]1[C@H](O)[C@@H](CO)OC(O)[C@@H]1O)c1ccccc1. The van der Waals surface area contributed by atoms with Crippen LogP contribution in [0.3, 0.4) is 0 Å². The summed E-state index contributed by atoms with van der Waals surface area (Å²) in [6, 6.07) is 9.32. The minimum Gasteiger partial charge on any atom is -0.394 e. The Morgan fingerprint density at radius 3 is 2.40 bits per heavy atom. The molecule has 1 aromatic carbocycles. The maximum atomic E-state index is 10.0. The molecular weight excluding hydrogens is 264 g/mol. The van der Waals surface area contributed by atoms with Crippen molar-refractivity contribution in [2.24, 2.45) is 0 Å². The van der Waals surface area contributed by atoms with E-state index in [0.29, 0.717) is 0 Å². The average molecular weight is 284 g/mol. The molecule has 6 atom stereocenters. The highest BCUT2D eigenvalue weighted by Gasteiger charge is 2.45. The van der Waals surface area contributed by atoms with Gasteiger partial charge in [-0.2, -0.15) is 0 Å². The summed E-state index contributed by atoms with van der Waals surface area (Å²) in [5, 5.41) is 38.6. The highest BCUT2D eigenvalue weighted by molar-refractivity contribution is 5.17. The summed E-state index contributed by atoms with van der Waals surface area (Å²) in [7, 11) is 0. The molecule has 1 saturated heterocycles. The van der Waals surface area contributed by atoms with Crippen molar-refractivity contribution < 1.29 is 29.9 Å². The highest BCUT2D eigenvalue weighted by Crippen LogP contribution is 2.27. The minimum absolute atomic E-state index is 0.379. The van der Waals surface area contributed by atoms with Gasteiger partial charge in [-0.05, 0) is 12.5 Å². The van der Waals surface area contributed by atoms with E-state index in [4.69, 9.17) is 14.6 Å². The Balaban J connectivity index is 2.09. The fourth-order valence-electron chi connectivity index (χ4n) is 2.27. The van der Waals surface area contributed by atoms with Crippen LogP contribution in [0.4, 0.5) is 0 Å². The van der Waals surface area contributed by atoms with Gasteiger partial charge in [0.25, 0.3) is 0 Å². The Kier molecular flexibility index (Phi) is 5.09. The van der Waals surface area contributed by atoms with E-state index in [-0.39, 0.29) is 6.10 Å². The first-order valence-electron chi connectivity index (χ1n) is 6.55. The van der Waals surface area contributed by atoms with Gasteiger partial charge in [-0.3, -0.25) is 0 Å². The lowest BCUT2D eigenvalue weighted by molar-refractivity contribution is -0.300. The number of hydrogen-bond donors (Lipinski definition) is 4. The molecule has 4 N–H and O–H groups in total. The van der Waals surface area contributed by atoms with E-state index in [1.54, 1.807) is 6.92 Å². The summed E-state index contributed by atoms with van der Waals surface area (Å²) in [5.74, 6) is 0. The summed E-state index contributed by atoms with van der Waals surface area (Å²) >= 11 is 0. The van der Waals surface area contributed by atoms with Crippen LogP contribution in [0.25, 0.3) is 0 Å². The second kappa shape index (κ2) is 6.62. The first-order valence-corrected chi connectivity index (χ1v) is 6.55. The van der Waals surface area contributed by atoms with Crippen molar-refractivity contribution in [2.75, 3.05) is 6.61 Å². The third-order valence-electron chi connectivity index (χ3n) is 3.47. The molecular formula is C14H20O6. The normalized spacial score (nSPS) is 35.8. The lowest BCUT2D eigenvalue weighted by Gasteiger charge is -2.41. The van der Waals surface area contributed by atoms with Crippen LogP contribution in [0.2, 0.25) is 0 Å². The van der Waals surface area contributed by atoms with Crippen LogP contribution in [0.5, 0.6) is 0 Å². The van der Waals surface area contributed by atoms with Crippen molar-refractivity contribution in [3.8, 4) is 0 Å². The van der Waals surface area contributed by atoms with Crippen LogP contribution in [-0.2, 0) is 9.47 Å². The molecule has 20 heavy (non-hydrogen) atoms. The molecule has 1 fully saturated rings. The molecule has 0 aromatic heterocycles. The van der Waals surface area contributed by atoms with E-state index in [1.165, 1.54) is 0 Å². The number of hydrogen-bond acceptors (Lipinski definition) is 6. The predicted octanol–water partition coefficient (Wildman–Crippen LogP) is -0.436. The first-order chi connectivity index (χ1) is 9.54. The van der Waals surface area contributed by atoms with Gasteiger partial charge < -0.3 is 29.9 Å². The number of aliphatic hydroxyl groups is 4. The van der Waals surface area contributed by atoms with Crippen molar-refractivity contribution in [1.29, 1.82) is 0 Å². The number of aliphatic hydroxyl groups excluding tert-OH is 4. The fraction of sp³-hybridized carbons (Fsp3) is 0.571. The molecule has 0 bridgehead atoms. The summed E-state index contributed by atoms with van der Waals surface area (Å²) in [6.45, 7) is 1.31. The van der Waals surface area contributed by atoms with E-state index in [2.05, 4.69) is 0 Å². The quantitative estimate of drug-likeness (QED) is 0.598. The van der Waals surface area contributed by atoms with Gasteiger partial charge in [0.1, 0.15) is 24.4 Å². The van der Waals surface area contributed by atoms with Crippen LogP contribution in [0.15, 0.2) is 30.3 Å². The van der Waals surface area contributed by atoms with E-state index in [0.717, 1.165) is 5.56 Å². The molecule has 112 valence electrons. The Morgan fingerprint density at radius 2 is 1.80 bits per heavy atom. The summed E-state index contributed by atoms with van der Waals surface area (Å²) in [4.78, 5) is 0. The van der Waals surface area contributed by atoms with E-state index in [9.17, 15) is 15.3 Å². The molecule has 6 nitrogen and oxygen atoms in total. The van der Waals surface area contributed by atoms with Gasteiger partial charge in [-0.25, -0.2) is 0 Å². The van der Waals surface area contributed by atoms with Gasteiger partial charge in [-0.1, -0.05) is 30.3 Å². The Bertz CT molecular complexity index is 411. The average Bonchev–Trinajstić information content (AvgIpc) is 2.48. The second-order valence-electron chi connectivity index (χ2n) is 4.88. The summed E-state index contributed by atoms with van der Waals surface area (Å²) < 4.78 is 10.6. The minimum atomic E-state index is -1.50. The van der Waals surface area contributed by atoms with Gasteiger partial charge in [-0.15, -0.1) is 0 Å². The smallest absolute Gasteiger partial charge is 0.184 e. The van der Waals surface area contributed by atoms with Crippen LogP contribution in [0.1, 0.15) is 18.6 Å². The zero-order valence-corrected chi connectivity index (χ0v) is 11.2. The topological polar surface area (TPSA) is 99.4 Å². The molecule has 2 unspecified atom stereocenters. The summed E-state index contributed by atoms with van der Waals surface area (Å²) in [6.07, 6.45) is -6.49. The van der Waals surface area contributed by atoms with E-state index >= 15 is 0 Å². The molecule has 0 amide bonds. The second-order valence-corrected chi connectivity index (χ2v) is 4.88. The molecule has 2 rings (SSSR count). The van der Waals surface area contributed by atoms with Gasteiger partial charge in [0.2, 0.25) is 0 Å². The third-order valence-corrected chi connectivity index (χ3v) is 3.47. The van der Waals surface area contributed by atoms with Crippen molar-refractivity contribution >= 4 is 0 Å². The third kappa shape index (κ3) is 3.17. The van der Waals surface area contributed by atoms with Crippen molar-refractivity contribution in [3.05, 3.63) is 35.9 Å². The van der Waals surface area contributed by atoms with Gasteiger partial charge in [0.15, 0.2) is 6.29 Å². The maximum absolute atomic E-state index is 10.0. The van der Waals surface area contributed by atoms with Crippen LogP contribution in [-0.4, -0.2) is 57.7 Å². The lowest BCUT2D eigenvalue weighted by Crippen LogP contribution is -2.59. The van der Waals surface area contributed by atoms with Gasteiger partial charge in [0.05, 0.1) is 12.7 Å². The van der Waals surface area contributed by atoms with Crippen LogP contribution >= 0.6 is 0 Å². The molecule has 6 heteroatoms. The molecule has 1 aliphatic rings. The van der Waals surface area contributed by atoms with Crippen molar-refractivity contribution in [2.45, 2.75) is 43.7 Å². The molecule has 0 radical (unpaired) electrons. The molecule has 1 heterocycles. The summed E-state index contributed by atoms with van der Waals surface area (Å²) in [5.41, 5.74) is 0.883. The Hall–Kier alpha value is -1.02. The standard InChI is InChI=1S/C14H20O6/c1-8(9-5-3-2-4-6-9)19-13-11(16)10(7-15)20-14(18)12(13)17/h2-6,8,10-18H,7H2,1H3/t8?,10-,11-,12-,13-,14?/m1/s1. The van der Waals surface area contributed by atoms with Crippen molar-refractivity contribution in [1.82, 2.24) is 0 Å². The fourth-order valence-corrected chi connectivity index (χ4v) is 2.27. The Morgan fingerprint density at radius 1 is 1.15 bits per heavy atom. The largest absolute Gasteiger partial charge is 0.394 e. The van der Waals surface area contributed by atoms with Crippen LogP contribution in [0, 0.1) is 0 Å². The number of benzene rings is 1. The first kappa shape index (κ1) is 15.4. The predicted molar refractivity (Wildman–Crippen MR) is 69.7 cm³/mol. The molecule has 0 saturated carbocycles. The van der Waals surface area contributed by atoms with E-state index in [1.807, 2.05) is 30.3 Å². The lowest BCUT2D eigenvalue weighted by atomic mass is 9.98. The van der Waals surface area contributed by atoms with E-state index < -0.39 is 37.3 Å². The molecule has 1 aromatic rings. The van der Waals surface area contributed by atoms with Gasteiger partial charge >= 0.3 is 0 Å². The monoisotopic (exact) mass is 284 g/mol. The molecule has 0 aliphatic carbocycles. The van der Waals surface area contributed by atoms with Crippen LogP contribution < -0.4 is 0 Å². The number of ether oxygens (including phenoxy) is 2. The van der Waals surface area contributed by atoms with Gasteiger partial charge in [0, 0.05) is 0 Å². The van der Waals surface area contributed by atoms with Crippen molar-refractivity contribution in [3.63, 3.8) is 0 Å². The molecule has 1 aliphatic heterocycles. The zero-order valence-electron chi connectivity index (χ0n) is 11.2. The zero-order chi connectivity index (χ0) is 14.7. The maximum Gasteiger partial charge on any atom is 0.184 e.